The smallest absolute Gasteiger partial charge is 0.378 e. The van der Waals surface area contributed by atoms with E-state index in [2.05, 4.69) is 35.5 Å². The summed E-state index contributed by atoms with van der Waals surface area (Å²) >= 11 is 0.394. The standard InChI is InChI=1S/2C4H10N.Al.Na/c2*1-3-5-4-2;;/h2*3-4H2,1-2H3;;/q2*-1;+2;. The zero-order valence-corrected chi connectivity index (χ0v) is 12.5. The van der Waals surface area contributed by atoms with Crippen molar-refractivity contribution >= 4 is 45.2 Å². The Kier molecular flexibility index (Phi) is 14.0. The van der Waals surface area contributed by atoms with E-state index >= 15 is 0 Å². The first-order chi connectivity index (χ1) is 5.28. The van der Waals surface area contributed by atoms with E-state index in [1.54, 1.807) is 0 Å². The molecular weight excluding hydrogens is 174 g/mol. The van der Waals surface area contributed by atoms with Crippen molar-refractivity contribution in [3.8, 4) is 0 Å². The first-order valence-corrected chi connectivity index (χ1v) is 5.64. The summed E-state index contributed by atoms with van der Waals surface area (Å²) in [6.07, 6.45) is 0. The minimum atomic E-state index is 0. The fourth-order valence-corrected chi connectivity index (χ4v) is 2.12. The Bertz CT molecular complexity index is 75.1. The molecule has 0 bridgehead atoms. The molecule has 0 aliphatic rings. The largest absolute Gasteiger partial charge is 0.455 e. The molecule has 66 valence electrons. The maximum Gasteiger partial charge on any atom is 0.455 e. The fourth-order valence-electron chi connectivity index (χ4n) is 1.00. The van der Waals surface area contributed by atoms with Gasteiger partial charge in [-0.25, -0.2) is 0 Å². The van der Waals surface area contributed by atoms with Gasteiger partial charge in [-0.05, 0) is 26.2 Å². The Morgan fingerprint density at radius 3 is 1.17 bits per heavy atom. The van der Waals surface area contributed by atoms with Crippen molar-refractivity contribution in [2.24, 2.45) is 0 Å². The van der Waals surface area contributed by atoms with E-state index in [0.717, 1.165) is 0 Å². The van der Waals surface area contributed by atoms with Gasteiger partial charge in [0.15, 0.2) is 0 Å². The molecule has 0 rings (SSSR count). The predicted molar refractivity (Wildman–Crippen MR) is 57.4 cm³/mol. The molecule has 0 aliphatic carbocycles. The third-order valence-electron chi connectivity index (χ3n) is 1.95. The van der Waals surface area contributed by atoms with Gasteiger partial charge in [-0.2, -0.15) is 0 Å². The molecule has 2 radical (unpaired) electrons. The van der Waals surface area contributed by atoms with E-state index in [4.69, 9.17) is 0 Å². The normalized spacial score (nSPS) is 10.2. The number of hydrogen-bond donors (Lipinski definition) is 0. The van der Waals surface area contributed by atoms with Crippen LogP contribution in [-0.2, 0) is 0 Å². The molecule has 4 heteroatoms. The molecule has 0 aromatic carbocycles. The second kappa shape index (κ2) is 10.5. The van der Waals surface area contributed by atoms with Crippen molar-refractivity contribution < 1.29 is 0 Å². The SMILES string of the molecule is CC[N](CC)[Al][N](CC)CC.[Na]. The summed E-state index contributed by atoms with van der Waals surface area (Å²) in [4.78, 5) is 0. The van der Waals surface area contributed by atoms with Crippen molar-refractivity contribution in [3.63, 3.8) is 0 Å². The van der Waals surface area contributed by atoms with E-state index in [1.165, 1.54) is 26.2 Å². The number of nitrogens with zero attached hydrogens (tertiary/aromatic N) is 2. The molecule has 0 aliphatic heterocycles. The second-order valence-electron chi connectivity index (χ2n) is 2.56. The summed E-state index contributed by atoms with van der Waals surface area (Å²) in [5.74, 6) is 0. The first kappa shape index (κ1) is 15.9. The van der Waals surface area contributed by atoms with Gasteiger partial charge in [-0.1, -0.05) is 27.7 Å². The Hall–Kier alpha value is 1.45. The summed E-state index contributed by atoms with van der Waals surface area (Å²) in [5, 5.41) is 0. The van der Waals surface area contributed by atoms with E-state index < -0.39 is 0 Å². The van der Waals surface area contributed by atoms with Crippen molar-refractivity contribution in [3.05, 3.63) is 0 Å². The molecule has 0 saturated heterocycles. The third kappa shape index (κ3) is 6.91. The van der Waals surface area contributed by atoms with Crippen LogP contribution in [0.4, 0.5) is 0 Å². The molecule has 0 amide bonds. The molecule has 0 aromatic heterocycles. The molecule has 0 saturated carbocycles. The molecule has 0 aromatic rings. The van der Waals surface area contributed by atoms with Crippen LogP contribution in [0.3, 0.4) is 0 Å². The van der Waals surface area contributed by atoms with E-state index in [-0.39, 0.29) is 29.6 Å². The van der Waals surface area contributed by atoms with Gasteiger partial charge in [-0.3, -0.25) is 0 Å². The minimum absolute atomic E-state index is 0. The molecule has 0 fully saturated rings. The Morgan fingerprint density at radius 2 is 1.00 bits per heavy atom. The average Bonchev–Trinajstić information content (AvgIpc) is 2.07. The van der Waals surface area contributed by atoms with Crippen LogP contribution < -0.4 is 0 Å². The average molecular weight is 194 g/mol. The van der Waals surface area contributed by atoms with Gasteiger partial charge in [0.2, 0.25) is 0 Å². The maximum absolute atomic E-state index is 2.52. The summed E-state index contributed by atoms with van der Waals surface area (Å²) in [6.45, 7) is 13.7. The van der Waals surface area contributed by atoms with Gasteiger partial charge in [0.25, 0.3) is 0 Å². The van der Waals surface area contributed by atoms with Gasteiger partial charge >= 0.3 is 15.7 Å². The monoisotopic (exact) mass is 194 g/mol. The van der Waals surface area contributed by atoms with Crippen LogP contribution in [0.5, 0.6) is 0 Å². The molecular formula is C8H20AlN2Na. The zero-order chi connectivity index (χ0) is 8.69. The van der Waals surface area contributed by atoms with Gasteiger partial charge in [-0.15, -0.1) is 0 Å². The molecule has 12 heavy (non-hydrogen) atoms. The van der Waals surface area contributed by atoms with Crippen LogP contribution in [-0.4, -0.2) is 79.2 Å². The summed E-state index contributed by atoms with van der Waals surface area (Å²) in [6, 6.07) is 0. The minimum Gasteiger partial charge on any atom is -0.378 e. The Balaban J connectivity index is 0. The van der Waals surface area contributed by atoms with Crippen LogP contribution in [0, 0.1) is 0 Å². The van der Waals surface area contributed by atoms with Gasteiger partial charge in [0.1, 0.15) is 0 Å². The van der Waals surface area contributed by atoms with Gasteiger partial charge in [0, 0.05) is 29.6 Å². The van der Waals surface area contributed by atoms with Crippen LogP contribution >= 0.6 is 0 Å². The fraction of sp³-hybridized carbons (Fsp3) is 1.00. The van der Waals surface area contributed by atoms with Crippen LogP contribution in [0.25, 0.3) is 0 Å². The molecule has 0 unspecified atom stereocenters. The van der Waals surface area contributed by atoms with E-state index in [9.17, 15) is 0 Å². The van der Waals surface area contributed by atoms with Crippen molar-refractivity contribution in [1.29, 1.82) is 0 Å². The summed E-state index contributed by atoms with van der Waals surface area (Å²) < 4.78 is 5.04. The van der Waals surface area contributed by atoms with Gasteiger partial charge in [0.05, 0.1) is 0 Å². The molecule has 0 heterocycles. The van der Waals surface area contributed by atoms with Crippen molar-refractivity contribution in [2.75, 3.05) is 26.2 Å². The molecule has 0 atom stereocenters. The van der Waals surface area contributed by atoms with Crippen LogP contribution in [0.1, 0.15) is 27.7 Å². The topological polar surface area (TPSA) is 6.48 Å². The predicted octanol–water partition coefficient (Wildman–Crippen LogP) is 0.823. The van der Waals surface area contributed by atoms with Crippen molar-refractivity contribution in [1.82, 2.24) is 7.77 Å². The third-order valence-corrected chi connectivity index (χ3v) is 4.07. The molecule has 0 N–H and O–H groups in total. The second-order valence-corrected chi connectivity index (χ2v) is 4.25. The molecule has 0 spiro atoms. The number of rotatable bonds is 6. The zero-order valence-electron chi connectivity index (χ0n) is 9.30. The van der Waals surface area contributed by atoms with E-state index in [1.807, 2.05) is 0 Å². The van der Waals surface area contributed by atoms with Crippen molar-refractivity contribution in [2.45, 2.75) is 27.7 Å². The first-order valence-electron chi connectivity index (χ1n) is 4.61. The van der Waals surface area contributed by atoms with Gasteiger partial charge < -0.3 is 7.77 Å². The Morgan fingerprint density at radius 1 is 0.750 bits per heavy atom. The number of hydrogen-bond acceptors (Lipinski definition) is 2. The van der Waals surface area contributed by atoms with Crippen LogP contribution in [0.15, 0.2) is 0 Å². The Labute approximate surface area is 106 Å². The van der Waals surface area contributed by atoms with Crippen LogP contribution in [0.2, 0.25) is 0 Å². The quantitative estimate of drug-likeness (QED) is 0.578. The maximum atomic E-state index is 2.52. The summed E-state index contributed by atoms with van der Waals surface area (Å²) in [5.41, 5.74) is 0. The summed E-state index contributed by atoms with van der Waals surface area (Å²) in [7, 11) is 0. The molecule has 2 nitrogen and oxygen atoms in total. The van der Waals surface area contributed by atoms with E-state index in [0.29, 0.717) is 15.7 Å².